The van der Waals surface area contributed by atoms with Crippen molar-refractivity contribution in [3.05, 3.63) is 47.3 Å². The lowest BCUT2D eigenvalue weighted by Gasteiger charge is -2.42. The van der Waals surface area contributed by atoms with Crippen LogP contribution in [0.25, 0.3) is 0 Å². The van der Waals surface area contributed by atoms with Gasteiger partial charge in [-0.1, -0.05) is 31.6 Å². The van der Waals surface area contributed by atoms with E-state index >= 15 is 4.39 Å². The zero-order chi connectivity index (χ0) is 18.1. The van der Waals surface area contributed by atoms with Gasteiger partial charge in [0, 0.05) is 0 Å². The molecule has 142 valence electrons. The molecule has 0 radical (unpaired) electrons. The third kappa shape index (κ3) is 3.64. The molecule has 1 heteroatoms. The number of allylic oxidation sites excluding steroid dienone is 1. The van der Waals surface area contributed by atoms with Gasteiger partial charge in [-0.05, 0) is 110 Å². The normalized spacial score (nSPS) is 34.0. The van der Waals surface area contributed by atoms with Gasteiger partial charge < -0.3 is 0 Å². The predicted molar refractivity (Wildman–Crippen MR) is 108 cm³/mol. The van der Waals surface area contributed by atoms with Crippen LogP contribution >= 0.6 is 0 Å². The second kappa shape index (κ2) is 7.87. The van der Waals surface area contributed by atoms with Crippen molar-refractivity contribution >= 4 is 0 Å². The van der Waals surface area contributed by atoms with Gasteiger partial charge in [-0.15, -0.1) is 6.58 Å². The van der Waals surface area contributed by atoms with Gasteiger partial charge in [-0.3, -0.25) is 0 Å². The summed E-state index contributed by atoms with van der Waals surface area (Å²) >= 11 is 0. The monoisotopic (exact) mass is 354 g/mol. The summed E-state index contributed by atoms with van der Waals surface area (Å²) < 4.78 is 15.3. The molecule has 0 aromatic heterocycles. The number of hydrogen-bond donors (Lipinski definition) is 0. The lowest BCUT2D eigenvalue weighted by molar-refractivity contribution is 0.114. The van der Waals surface area contributed by atoms with Crippen LogP contribution in [-0.4, -0.2) is 0 Å². The molecule has 0 N–H and O–H groups in total. The summed E-state index contributed by atoms with van der Waals surface area (Å²) in [6.45, 7) is 6.17. The summed E-state index contributed by atoms with van der Waals surface area (Å²) in [7, 11) is 0. The Labute approximate surface area is 159 Å². The highest BCUT2D eigenvalue weighted by molar-refractivity contribution is 5.38. The average Bonchev–Trinajstić information content (AvgIpc) is 2.66. The van der Waals surface area contributed by atoms with Crippen LogP contribution in [0.5, 0.6) is 0 Å². The molecule has 2 fully saturated rings. The van der Waals surface area contributed by atoms with Crippen molar-refractivity contribution in [2.24, 2.45) is 23.7 Å². The largest absolute Gasteiger partial charge is 0.206 e. The summed E-state index contributed by atoms with van der Waals surface area (Å²) in [4.78, 5) is 0. The van der Waals surface area contributed by atoms with Crippen LogP contribution in [0, 0.1) is 29.5 Å². The van der Waals surface area contributed by atoms with Gasteiger partial charge in [0.15, 0.2) is 0 Å². The second-order valence-corrected chi connectivity index (χ2v) is 9.53. The van der Waals surface area contributed by atoms with E-state index in [1.54, 1.807) is 0 Å². The highest BCUT2D eigenvalue weighted by atomic mass is 19.1. The lowest BCUT2D eigenvalue weighted by atomic mass is 9.63. The van der Waals surface area contributed by atoms with Crippen molar-refractivity contribution in [3.8, 4) is 0 Å². The van der Waals surface area contributed by atoms with E-state index in [9.17, 15) is 0 Å². The molecule has 4 rings (SSSR count). The van der Waals surface area contributed by atoms with Crippen LogP contribution in [0.2, 0.25) is 0 Å². The molecule has 5 atom stereocenters. The van der Waals surface area contributed by atoms with Crippen molar-refractivity contribution < 1.29 is 4.39 Å². The highest BCUT2D eigenvalue weighted by Crippen LogP contribution is 2.49. The zero-order valence-electron chi connectivity index (χ0n) is 16.5. The fourth-order valence-corrected chi connectivity index (χ4v) is 6.21. The number of hydrogen-bond acceptors (Lipinski definition) is 0. The van der Waals surface area contributed by atoms with Crippen molar-refractivity contribution in [2.45, 2.75) is 83.5 Å². The Morgan fingerprint density at radius 3 is 2.73 bits per heavy atom. The fraction of sp³-hybridized carbons (Fsp3) is 0.680. The maximum atomic E-state index is 15.3. The van der Waals surface area contributed by atoms with E-state index in [1.165, 1.54) is 56.9 Å². The Bertz CT molecular complexity index is 646. The van der Waals surface area contributed by atoms with E-state index in [2.05, 4.69) is 31.7 Å². The van der Waals surface area contributed by atoms with Gasteiger partial charge >= 0.3 is 0 Å². The van der Waals surface area contributed by atoms with Crippen LogP contribution in [0.3, 0.4) is 0 Å². The van der Waals surface area contributed by atoms with Gasteiger partial charge in [-0.2, -0.15) is 0 Å². The summed E-state index contributed by atoms with van der Waals surface area (Å²) in [5.41, 5.74) is 3.38. The number of rotatable bonds is 4. The average molecular weight is 355 g/mol. The van der Waals surface area contributed by atoms with Crippen molar-refractivity contribution in [1.82, 2.24) is 0 Å². The molecule has 0 aliphatic heterocycles. The molecule has 26 heavy (non-hydrogen) atoms. The van der Waals surface area contributed by atoms with Crippen molar-refractivity contribution in [1.29, 1.82) is 0 Å². The third-order valence-electron chi connectivity index (χ3n) is 7.77. The molecule has 0 spiro atoms. The maximum absolute atomic E-state index is 15.3. The topological polar surface area (TPSA) is 0 Å². The van der Waals surface area contributed by atoms with E-state index in [-0.39, 0.29) is 5.82 Å². The molecule has 0 amide bonds. The first-order chi connectivity index (χ1) is 12.7. The zero-order valence-corrected chi connectivity index (χ0v) is 16.5. The minimum atomic E-state index is 0.164. The molecule has 0 heterocycles. The van der Waals surface area contributed by atoms with Crippen molar-refractivity contribution in [3.63, 3.8) is 0 Å². The van der Waals surface area contributed by atoms with E-state index < -0.39 is 0 Å². The molecule has 3 aliphatic carbocycles. The van der Waals surface area contributed by atoms with E-state index in [0.717, 1.165) is 48.1 Å². The third-order valence-corrected chi connectivity index (χ3v) is 7.77. The standard InChI is InChI=1S/C25H35F/c1-3-4-5-18-7-8-20-16-22(10-9-19(20)15-18)24-13-11-21-14-17(2)6-12-23(21)25(24)26/h3,11,13,17-20,22H,1,4-10,12,14-16H2,2H3. The molecule has 5 unspecified atom stereocenters. The Hall–Kier alpha value is -1.11. The van der Waals surface area contributed by atoms with Crippen molar-refractivity contribution in [2.75, 3.05) is 0 Å². The smallest absolute Gasteiger partial charge is 0.130 e. The maximum Gasteiger partial charge on any atom is 0.130 e. The molecule has 3 aliphatic rings. The lowest BCUT2D eigenvalue weighted by Crippen LogP contribution is -2.31. The van der Waals surface area contributed by atoms with Crippen LogP contribution in [-0.2, 0) is 12.8 Å². The summed E-state index contributed by atoms with van der Waals surface area (Å²) in [6, 6.07) is 4.40. The Morgan fingerprint density at radius 2 is 1.88 bits per heavy atom. The Balaban J connectivity index is 1.44. The number of halogens is 1. The molecule has 2 saturated carbocycles. The Kier molecular flexibility index (Phi) is 5.53. The van der Waals surface area contributed by atoms with E-state index in [4.69, 9.17) is 0 Å². The first-order valence-electron chi connectivity index (χ1n) is 11.1. The second-order valence-electron chi connectivity index (χ2n) is 9.53. The van der Waals surface area contributed by atoms with Crippen LogP contribution in [0.4, 0.5) is 4.39 Å². The van der Waals surface area contributed by atoms with Crippen LogP contribution < -0.4 is 0 Å². The van der Waals surface area contributed by atoms with Gasteiger partial charge in [0.1, 0.15) is 5.82 Å². The fourth-order valence-electron chi connectivity index (χ4n) is 6.21. The number of benzene rings is 1. The molecular weight excluding hydrogens is 319 g/mol. The molecule has 0 nitrogen and oxygen atoms in total. The van der Waals surface area contributed by atoms with Gasteiger partial charge in [0.2, 0.25) is 0 Å². The highest BCUT2D eigenvalue weighted by Gasteiger charge is 2.37. The quantitative estimate of drug-likeness (QED) is 0.501. The first kappa shape index (κ1) is 18.3. The minimum Gasteiger partial charge on any atom is -0.206 e. The summed E-state index contributed by atoms with van der Waals surface area (Å²) in [5, 5.41) is 0. The molecule has 0 saturated heterocycles. The Morgan fingerprint density at radius 1 is 1.08 bits per heavy atom. The molecule has 1 aromatic carbocycles. The molecular formula is C25H35F. The first-order valence-corrected chi connectivity index (χ1v) is 11.1. The summed E-state index contributed by atoms with van der Waals surface area (Å²) in [5.74, 6) is 3.98. The number of fused-ring (bicyclic) bond motifs is 2. The van der Waals surface area contributed by atoms with Gasteiger partial charge in [0.25, 0.3) is 0 Å². The van der Waals surface area contributed by atoms with Crippen LogP contribution in [0.1, 0.15) is 87.3 Å². The van der Waals surface area contributed by atoms with E-state index in [1.807, 2.05) is 0 Å². The molecule has 0 bridgehead atoms. The van der Waals surface area contributed by atoms with Crippen LogP contribution in [0.15, 0.2) is 24.8 Å². The predicted octanol–water partition coefficient (Wildman–Crippen LogP) is 7.22. The van der Waals surface area contributed by atoms with Gasteiger partial charge in [0.05, 0.1) is 0 Å². The minimum absolute atomic E-state index is 0.164. The van der Waals surface area contributed by atoms with Gasteiger partial charge in [-0.25, -0.2) is 4.39 Å². The molecule has 1 aromatic rings. The van der Waals surface area contributed by atoms with E-state index in [0.29, 0.717) is 11.8 Å². The SMILES string of the molecule is C=CCCC1CCC2CC(c3ccc4c(c3F)CCC(C)C4)CCC2C1. The summed E-state index contributed by atoms with van der Waals surface area (Å²) in [6.07, 6.45) is 15.6.